The Morgan fingerprint density at radius 1 is 1.12 bits per heavy atom. The highest BCUT2D eigenvalue weighted by molar-refractivity contribution is 7.09. The van der Waals surface area contributed by atoms with E-state index in [0.717, 1.165) is 10.9 Å². The number of nitrogens with zero attached hydrogens (tertiary/aromatic N) is 2. The molecule has 10 nitrogen and oxygen atoms in total. The van der Waals surface area contributed by atoms with Crippen molar-refractivity contribution in [3.63, 3.8) is 0 Å². The molecule has 0 aliphatic carbocycles. The normalized spacial score (nSPS) is 12.0. The van der Waals surface area contributed by atoms with Crippen molar-refractivity contribution < 1.29 is 33.5 Å². The van der Waals surface area contributed by atoms with Crippen LogP contribution >= 0.6 is 11.3 Å². The van der Waals surface area contributed by atoms with Crippen molar-refractivity contribution in [3.05, 3.63) is 74.5 Å². The molecule has 0 fully saturated rings. The van der Waals surface area contributed by atoms with Gasteiger partial charge in [0, 0.05) is 28.8 Å². The molecular formula is C23H20N2O8S. The van der Waals surface area contributed by atoms with E-state index in [1.807, 2.05) is 17.5 Å². The fourth-order valence-corrected chi connectivity index (χ4v) is 4.03. The quantitative estimate of drug-likeness (QED) is 0.269. The van der Waals surface area contributed by atoms with Gasteiger partial charge in [-0.1, -0.05) is 6.07 Å². The second-order valence-electron chi connectivity index (χ2n) is 7.11. The number of nitro benzene ring substituents is 1. The number of rotatable bonds is 8. The monoisotopic (exact) mass is 484 g/mol. The van der Waals surface area contributed by atoms with Gasteiger partial charge < -0.3 is 23.8 Å². The van der Waals surface area contributed by atoms with Gasteiger partial charge in [0.1, 0.15) is 24.5 Å². The summed E-state index contributed by atoms with van der Waals surface area (Å²) in [6.45, 7) is 0.525. The second-order valence-corrected chi connectivity index (χ2v) is 8.14. The largest absolute Gasteiger partial charge is 0.496 e. The number of non-ortho nitro benzene ring substituents is 1. The van der Waals surface area contributed by atoms with E-state index in [1.165, 1.54) is 35.5 Å². The lowest BCUT2D eigenvalue weighted by Crippen LogP contribution is -2.34. The Labute approximate surface area is 198 Å². The zero-order valence-electron chi connectivity index (χ0n) is 18.1. The average molecular weight is 484 g/mol. The summed E-state index contributed by atoms with van der Waals surface area (Å²) in [5, 5.41) is 13.0. The van der Waals surface area contributed by atoms with Crippen LogP contribution in [0.1, 0.15) is 15.2 Å². The molecule has 1 aliphatic heterocycles. The molecule has 1 aromatic heterocycles. The third-order valence-corrected chi connectivity index (χ3v) is 5.83. The molecule has 0 saturated carbocycles. The van der Waals surface area contributed by atoms with Crippen molar-refractivity contribution in [1.82, 2.24) is 0 Å². The summed E-state index contributed by atoms with van der Waals surface area (Å²) < 4.78 is 21.5. The summed E-state index contributed by atoms with van der Waals surface area (Å²) in [6.07, 6.45) is 0. The highest BCUT2D eigenvalue weighted by atomic mass is 32.1. The first-order valence-electron chi connectivity index (χ1n) is 10.2. The molecule has 2 aromatic carbocycles. The van der Waals surface area contributed by atoms with Crippen LogP contribution in [-0.2, 0) is 16.1 Å². The number of carbonyl (C=O) groups is 2. The first kappa shape index (κ1) is 23.1. The van der Waals surface area contributed by atoms with Gasteiger partial charge in [-0.2, -0.15) is 0 Å². The molecule has 11 heteroatoms. The maximum absolute atomic E-state index is 13.1. The van der Waals surface area contributed by atoms with Crippen LogP contribution in [0.2, 0.25) is 0 Å². The van der Waals surface area contributed by atoms with Crippen LogP contribution in [0.4, 0.5) is 11.4 Å². The molecule has 176 valence electrons. The lowest BCUT2D eigenvalue weighted by molar-refractivity contribution is -0.384. The maximum Gasteiger partial charge on any atom is 0.342 e. The second kappa shape index (κ2) is 10.2. The van der Waals surface area contributed by atoms with Crippen LogP contribution in [-0.4, -0.2) is 43.7 Å². The SMILES string of the molecule is COc1ccc([N+](=O)[O-])cc1C(=O)OCC(=O)N(Cc1cccs1)c1ccc2c(c1)OCCO2. The third-order valence-electron chi connectivity index (χ3n) is 4.97. The number of carbonyl (C=O) groups excluding carboxylic acids is 2. The first-order valence-corrected chi connectivity index (χ1v) is 11.1. The number of methoxy groups -OCH3 is 1. The summed E-state index contributed by atoms with van der Waals surface area (Å²) >= 11 is 1.48. The van der Waals surface area contributed by atoms with Crippen molar-refractivity contribution in [3.8, 4) is 17.2 Å². The summed E-state index contributed by atoms with van der Waals surface area (Å²) in [5.41, 5.74) is 0.106. The number of ether oxygens (including phenoxy) is 4. The zero-order valence-corrected chi connectivity index (χ0v) is 18.9. The minimum absolute atomic E-state index is 0.102. The van der Waals surface area contributed by atoms with E-state index in [-0.39, 0.29) is 23.5 Å². The van der Waals surface area contributed by atoms with Crippen molar-refractivity contribution >= 4 is 34.6 Å². The predicted molar refractivity (Wildman–Crippen MR) is 123 cm³/mol. The Morgan fingerprint density at radius 2 is 1.91 bits per heavy atom. The average Bonchev–Trinajstić information content (AvgIpc) is 3.38. The minimum Gasteiger partial charge on any atom is -0.496 e. The standard InChI is InChI=1S/C23H20N2O8S/c1-30-19-6-5-16(25(28)29)11-18(19)23(27)33-14-22(26)24(13-17-3-2-10-34-17)15-4-7-20-21(12-15)32-9-8-31-20/h2-7,10-12H,8-9,13-14H2,1H3. The molecule has 1 amide bonds. The van der Waals surface area contributed by atoms with Crippen molar-refractivity contribution in [2.45, 2.75) is 6.54 Å². The maximum atomic E-state index is 13.1. The molecule has 4 rings (SSSR count). The summed E-state index contributed by atoms with van der Waals surface area (Å²) in [6, 6.07) is 12.5. The van der Waals surface area contributed by atoms with Gasteiger partial charge in [-0.25, -0.2) is 4.79 Å². The molecular weight excluding hydrogens is 464 g/mol. The van der Waals surface area contributed by atoms with Crippen molar-refractivity contribution in [2.24, 2.45) is 0 Å². The number of esters is 1. The Hall–Kier alpha value is -4.12. The van der Waals surface area contributed by atoms with Gasteiger partial charge in [-0.15, -0.1) is 11.3 Å². The summed E-state index contributed by atoms with van der Waals surface area (Å²) in [7, 11) is 1.33. The van der Waals surface area contributed by atoms with E-state index in [4.69, 9.17) is 18.9 Å². The topological polar surface area (TPSA) is 117 Å². The smallest absolute Gasteiger partial charge is 0.342 e. The van der Waals surface area contributed by atoms with E-state index < -0.39 is 23.4 Å². The Balaban J connectivity index is 1.54. The number of thiophene rings is 1. The van der Waals surface area contributed by atoms with Gasteiger partial charge in [-0.05, 0) is 29.6 Å². The van der Waals surface area contributed by atoms with Gasteiger partial charge in [0.15, 0.2) is 18.1 Å². The van der Waals surface area contributed by atoms with Crippen LogP contribution in [0.15, 0.2) is 53.9 Å². The fourth-order valence-electron chi connectivity index (χ4n) is 3.33. The fraction of sp³-hybridized carbons (Fsp3) is 0.217. The molecule has 0 radical (unpaired) electrons. The van der Waals surface area contributed by atoms with Gasteiger partial charge in [-0.3, -0.25) is 14.9 Å². The van der Waals surface area contributed by atoms with Crippen LogP contribution < -0.4 is 19.1 Å². The van der Waals surface area contributed by atoms with Crippen molar-refractivity contribution in [2.75, 3.05) is 31.8 Å². The predicted octanol–water partition coefficient (Wildman–Crippen LogP) is 3.83. The molecule has 34 heavy (non-hydrogen) atoms. The lowest BCUT2D eigenvalue weighted by atomic mass is 10.2. The van der Waals surface area contributed by atoms with Gasteiger partial charge >= 0.3 is 5.97 Å². The zero-order chi connectivity index (χ0) is 24.1. The van der Waals surface area contributed by atoms with Crippen LogP contribution in [0, 0.1) is 10.1 Å². The van der Waals surface area contributed by atoms with E-state index in [2.05, 4.69) is 0 Å². The lowest BCUT2D eigenvalue weighted by Gasteiger charge is -2.25. The number of hydrogen-bond donors (Lipinski definition) is 0. The molecule has 0 spiro atoms. The summed E-state index contributed by atoms with van der Waals surface area (Å²) in [4.78, 5) is 38.6. The van der Waals surface area contributed by atoms with Crippen molar-refractivity contribution in [1.29, 1.82) is 0 Å². The van der Waals surface area contributed by atoms with Gasteiger partial charge in [0.2, 0.25) is 0 Å². The third kappa shape index (κ3) is 5.09. The highest BCUT2D eigenvalue weighted by Gasteiger charge is 2.24. The Morgan fingerprint density at radius 3 is 2.62 bits per heavy atom. The molecule has 0 atom stereocenters. The molecule has 1 aliphatic rings. The minimum atomic E-state index is -0.910. The molecule has 3 aromatic rings. The van der Waals surface area contributed by atoms with E-state index in [9.17, 15) is 19.7 Å². The summed E-state index contributed by atoms with van der Waals surface area (Å²) in [5.74, 6) is -0.186. The van der Waals surface area contributed by atoms with Gasteiger partial charge in [0.05, 0.1) is 18.6 Å². The number of benzene rings is 2. The number of hydrogen-bond acceptors (Lipinski definition) is 9. The van der Waals surface area contributed by atoms with E-state index in [0.29, 0.717) is 30.4 Å². The Bertz CT molecular complexity index is 1210. The van der Waals surface area contributed by atoms with E-state index >= 15 is 0 Å². The molecule has 0 N–H and O–H groups in total. The molecule has 0 unspecified atom stereocenters. The number of nitro groups is 1. The Kier molecular flexibility index (Phi) is 6.93. The molecule has 0 saturated heterocycles. The van der Waals surface area contributed by atoms with Crippen LogP contribution in [0.3, 0.4) is 0 Å². The number of anilines is 1. The van der Waals surface area contributed by atoms with Crippen LogP contribution in [0.25, 0.3) is 0 Å². The van der Waals surface area contributed by atoms with Gasteiger partial charge in [0.25, 0.3) is 11.6 Å². The number of fused-ring (bicyclic) bond motifs is 1. The highest BCUT2D eigenvalue weighted by Crippen LogP contribution is 2.35. The number of amides is 1. The van der Waals surface area contributed by atoms with E-state index in [1.54, 1.807) is 18.2 Å². The van der Waals surface area contributed by atoms with Crippen LogP contribution in [0.5, 0.6) is 17.2 Å². The molecule has 0 bridgehead atoms. The first-order chi connectivity index (χ1) is 16.5. The molecule has 2 heterocycles.